The molecule has 2 aromatic heterocycles. The number of hydrogen-bond donors (Lipinski definition) is 2. The second-order valence-corrected chi connectivity index (χ2v) is 3.53. The van der Waals surface area contributed by atoms with Gasteiger partial charge < -0.3 is 10.2 Å². The number of furan rings is 1. The Morgan fingerprint density at radius 2 is 2.31 bits per heavy atom. The number of rotatable bonds is 2. The van der Waals surface area contributed by atoms with Crippen LogP contribution in [-0.2, 0) is 6.54 Å². The van der Waals surface area contributed by atoms with E-state index in [1.807, 2.05) is 18.2 Å². The van der Waals surface area contributed by atoms with Gasteiger partial charge in [-0.15, -0.1) is 0 Å². The fourth-order valence-corrected chi connectivity index (χ4v) is 1.80. The maximum absolute atomic E-state index is 5.69. The molecule has 0 atom stereocenters. The van der Waals surface area contributed by atoms with Crippen LogP contribution < -0.4 is 5.73 Å². The lowest BCUT2D eigenvalue weighted by atomic mass is 10.1. The average molecular weight is 214 g/mol. The number of aromatic nitrogens is 3. The van der Waals surface area contributed by atoms with Crippen molar-refractivity contribution in [3.63, 3.8) is 0 Å². The predicted octanol–water partition coefficient (Wildman–Crippen LogP) is 1.68. The predicted molar refractivity (Wildman–Crippen MR) is 59.5 cm³/mol. The van der Waals surface area contributed by atoms with E-state index >= 15 is 0 Å². The van der Waals surface area contributed by atoms with E-state index in [4.69, 9.17) is 10.2 Å². The third-order valence-electron chi connectivity index (χ3n) is 2.56. The van der Waals surface area contributed by atoms with Gasteiger partial charge in [0.05, 0.1) is 12.5 Å². The van der Waals surface area contributed by atoms with Crippen LogP contribution in [0.25, 0.3) is 22.2 Å². The minimum absolute atomic E-state index is 0.440. The molecule has 5 heteroatoms. The van der Waals surface area contributed by atoms with Crippen LogP contribution in [0.2, 0.25) is 0 Å². The minimum Gasteiger partial charge on any atom is -0.464 e. The Labute approximate surface area is 91.3 Å². The zero-order chi connectivity index (χ0) is 11.0. The number of H-pyrrole nitrogens is 1. The zero-order valence-electron chi connectivity index (χ0n) is 8.47. The Bertz CT molecular complexity index is 612. The Morgan fingerprint density at radius 1 is 1.38 bits per heavy atom. The molecule has 16 heavy (non-hydrogen) atoms. The van der Waals surface area contributed by atoms with Crippen LogP contribution in [0.4, 0.5) is 0 Å². The molecule has 0 radical (unpaired) electrons. The molecule has 3 aromatic rings. The van der Waals surface area contributed by atoms with E-state index in [1.54, 1.807) is 12.5 Å². The summed E-state index contributed by atoms with van der Waals surface area (Å²) >= 11 is 0. The third kappa shape index (κ3) is 1.30. The lowest BCUT2D eigenvalue weighted by Crippen LogP contribution is -1.97. The van der Waals surface area contributed by atoms with Crippen LogP contribution in [0.3, 0.4) is 0 Å². The van der Waals surface area contributed by atoms with Crippen LogP contribution in [0.5, 0.6) is 0 Å². The molecule has 0 aliphatic rings. The van der Waals surface area contributed by atoms with Gasteiger partial charge in [0.1, 0.15) is 11.3 Å². The Morgan fingerprint density at radius 3 is 3.06 bits per heavy atom. The molecule has 5 nitrogen and oxygen atoms in total. The number of nitrogens with zero attached hydrogens (tertiary/aromatic N) is 2. The quantitative estimate of drug-likeness (QED) is 0.680. The summed E-state index contributed by atoms with van der Waals surface area (Å²) in [5, 5.41) is 11.5. The molecular formula is C11H10N4O. The van der Waals surface area contributed by atoms with Gasteiger partial charge in [0.15, 0.2) is 0 Å². The normalized spacial score (nSPS) is 11.1. The second-order valence-electron chi connectivity index (χ2n) is 3.53. The summed E-state index contributed by atoms with van der Waals surface area (Å²) in [6, 6.07) is 5.90. The Kier molecular flexibility index (Phi) is 1.97. The van der Waals surface area contributed by atoms with Gasteiger partial charge in [0.25, 0.3) is 0 Å². The van der Waals surface area contributed by atoms with Crippen molar-refractivity contribution in [1.29, 1.82) is 0 Å². The monoisotopic (exact) mass is 214 g/mol. The summed E-state index contributed by atoms with van der Waals surface area (Å²) in [4.78, 5) is 0. The summed E-state index contributed by atoms with van der Waals surface area (Å²) in [6.07, 6.45) is 3.35. The fourth-order valence-electron chi connectivity index (χ4n) is 1.80. The highest BCUT2D eigenvalue weighted by Crippen LogP contribution is 2.26. The van der Waals surface area contributed by atoms with E-state index < -0.39 is 0 Å². The first-order valence-electron chi connectivity index (χ1n) is 4.95. The molecular weight excluding hydrogens is 204 g/mol. The number of nitrogens with one attached hydrogen (secondary N) is 1. The van der Waals surface area contributed by atoms with Crippen molar-refractivity contribution >= 4 is 11.0 Å². The molecule has 0 spiro atoms. The summed E-state index contributed by atoms with van der Waals surface area (Å²) in [7, 11) is 0. The molecule has 80 valence electrons. The highest BCUT2D eigenvalue weighted by molar-refractivity contribution is 5.85. The van der Waals surface area contributed by atoms with Gasteiger partial charge in [-0.2, -0.15) is 15.4 Å². The van der Waals surface area contributed by atoms with Gasteiger partial charge in [0, 0.05) is 23.1 Å². The first-order chi connectivity index (χ1) is 7.88. The summed E-state index contributed by atoms with van der Waals surface area (Å²) in [6.45, 7) is 0.440. The van der Waals surface area contributed by atoms with Gasteiger partial charge in [0.2, 0.25) is 0 Å². The van der Waals surface area contributed by atoms with Gasteiger partial charge in [-0.3, -0.25) is 0 Å². The number of fused-ring (bicyclic) bond motifs is 1. The fraction of sp³-hybridized carbons (Fsp3) is 0.0909. The first-order valence-corrected chi connectivity index (χ1v) is 4.95. The van der Waals surface area contributed by atoms with E-state index in [0.717, 1.165) is 27.8 Å². The minimum atomic E-state index is 0.440. The van der Waals surface area contributed by atoms with E-state index in [9.17, 15) is 0 Å². The summed E-state index contributed by atoms with van der Waals surface area (Å²) in [5.41, 5.74) is 9.30. The molecule has 3 rings (SSSR count). The number of aromatic amines is 1. The van der Waals surface area contributed by atoms with Crippen molar-refractivity contribution in [3.05, 3.63) is 36.2 Å². The molecule has 2 heterocycles. The molecule has 0 aliphatic carbocycles. The molecule has 0 amide bonds. The van der Waals surface area contributed by atoms with Crippen molar-refractivity contribution in [2.24, 2.45) is 5.73 Å². The van der Waals surface area contributed by atoms with Gasteiger partial charge in [-0.05, 0) is 18.2 Å². The maximum Gasteiger partial charge on any atom is 0.138 e. The Hall–Kier alpha value is -2.14. The lowest BCUT2D eigenvalue weighted by Gasteiger charge is -2.02. The summed E-state index contributed by atoms with van der Waals surface area (Å²) in [5.74, 6) is 0. The smallest absolute Gasteiger partial charge is 0.138 e. The van der Waals surface area contributed by atoms with Gasteiger partial charge in [-0.25, -0.2) is 0 Å². The van der Waals surface area contributed by atoms with Crippen LogP contribution in [0.15, 0.2) is 35.1 Å². The number of nitrogens with two attached hydrogens (primary N) is 1. The topological polar surface area (TPSA) is 80.7 Å². The molecule has 0 bridgehead atoms. The standard InChI is InChI=1S/C11H10N4O/c12-5-9-4-8(10-6-13-15-14-10)3-7-1-2-16-11(7)9/h1-4,6H,5,12H2,(H,13,14,15). The van der Waals surface area contributed by atoms with E-state index in [2.05, 4.69) is 15.4 Å². The van der Waals surface area contributed by atoms with E-state index in [-0.39, 0.29) is 0 Å². The maximum atomic E-state index is 5.69. The van der Waals surface area contributed by atoms with Crippen LogP contribution in [-0.4, -0.2) is 15.4 Å². The van der Waals surface area contributed by atoms with E-state index in [0.29, 0.717) is 6.54 Å². The number of hydrogen-bond acceptors (Lipinski definition) is 4. The van der Waals surface area contributed by atoms with Crippen molar-refractivity contribution in [3.8, 4) is 11.3 Å². The van der Waals surface area contributed by atoms with Crippen LogP contribution in [0, 0.1) is 0 Å². The van der Waals surface area contributed by atoms with Crippen molar-refractivity contribution in [1.82, 2.24) is 15.4 Å². The molecule has 0 fully saturated rings. The second kappa shape index (κ2) is 3.46. The molecule has 0 aliphatic heterocycles. The molecule has 0 saturated carbocycles. The van der Waals surface area contributed by atoms with Crippen molar-refractivity contribution in [2.45, 2.75) is 6.54 Å². The largest absolute Gasteiger partial charge is 0.464 e. The van der Waals surface area contributed by atoms with Gasteiger partial charge in [-0.1, -0.05) is 0 Å². The molecule has 0 saturated heterocycles. The van der Waals surface area contributed by atoms with E-state index in [1.165, 1.54) is 0 Å². The highest BCUT2D eigenvalue weighted by atomic mass is 16.3. The molecule has 0 unspecified atom stereocenters. The lowest BCUT2D eigenvalue weighted by molar-refractivity contribution is 0.611. The van der Waals surface area contributed by atoms with Crippen LogP contribution in [0.1, 0.15) is 5.56 Å². The number of benzene rings is 1. The van der Waals surface area contributed by atoms with Gasteiger partial charge >= 0.3 is 0 Å². The SMILES string of the molecule is NCc1cc(-c2cn[nH]n2)cc2ccoc12. The van der Waals surface area contributed by atoms with Crippen molar-refractivity contribution < 1.29 is 4.42 Å². The van der Waals surface area contributed by atoms with Crippen LogP contribution >= 0.6 is 0 Å². The Balaban J connectivity index is 2.27. The first kappa shape index (κ1) is 9.11. The van der Waals surface area contributed by atoms with Crippen molar-refractivity contribution in [2.75, 3.05) is 0 Å². The zero-order valence-corrected chi connectivity index (χ0v) is 8.47. The summed E-state index contributed by atoms with van der Waals surface area (Å²) < 4.78 is 5.39. The molecule has 3 N–H and O–H groups in total. The average Bonchev–Trinajstić information content (AvgIpc) is 2.97. The highest BCUT2D eigenvalue weighted by Gasteiger charge is 2.08. The third-order valence-corrected chi connectivity index (χ3v) is 2.56. The molecule has 1 aromatic carbocycles.